The van der Waals surface area contributed by atoms with E-state index >= 15 is 0 Å². The van der Waals surface area contributed by atoms with Crippen LogP contribution in [0.2, 0.25) is 0 Å². The molecule has 0 aliphatic heterocycles. The first-order valence-corrected chi connectivity index (χ1v) is 5.67. The van der Waals surface area contributed by atoms with Crippen molar-refractivity contribution in [2.24, 2.45) is 0 Å². The van der Waals surface area contributed by atoms with E-state index in [4.69, 9.17) is 4.74 Å². The van der Waals surface area contributed by atoms with Crippen molar-refractivity contribution in [2.75, 3.05) is 12.4 Å². The first kappa shape index (κ1) is 12.8. The van der Waals surface area contributed by atoms with Crippen LogP contribution in [-0.2, 0) is 4.79 Å². The molecule has 5 heteroatoms. The van der Waals surface area contributed by atoms with Crippen molar-refractivity contribution in [3.63, 3.8) is 0 Å². The number of methoxy groups -OCH3 is 1. The third kappa shape index (κ3) is 3.92. The fourth-order valence-electron chi connectivity index (χ4n) is 1.41. The standard InChI is InChI=1S/C14H13N3O2/c1-19-14-5-3-12(10-16-14)17-13(18)4-2-11-6-8-15-9-7-11/h2-10H,1H3,(H,17,18)/b4-2+. The summed E-state index contributed by atoms with van der Waals surface area (Å²) in [6.07, 6.45) is 8.06. The fourth-order valence-corrected chi connectivity index (χ4v) is 1.41. The molecule has 0 bridgehead atoms. The predicted molar refractivity (Wildman–Crippen MR) is 72.7 cm³/mol. The Morgan fingerprint density at radius 3 is 2.68 bits per heavy atom. The van der Waals surface area contributed by atoms with E-state index in [0.717, 1.165) is 5.56 Å². The van der Waals surface area contributed by atoms with Gasteiger partial charge in [-0.3, -0.25) is 9.78 Å². The number of pyridine rings is 2. The highest BCUT2D eigenvalue weighted by Crippen LogP contribution is 2.11. The zero-order valence-corrected chi connectivity index (χ0v) is 10.4. The number of nitrogens with zero attached hydrogens (tertiary/aromatic N) is 2. The average molecular weight is 255 g/mol. The molecule has 0 unspecified atom stereocenters. The van der Waals surface area contributed by atoms with Crippen molar-refractivity contribution in [2.45, 2.75) is 0 Å². The molecule has 0 saturated carbocycles. The van der Waals surface area contributed by atoms with Crippen LogP contribution in [0.15, 0.2) is 48.9 Å². The normalized spacial score (nSPS) is 10.4. The Morgan fingerprint density at radius 1 is 1.26 bits per heavy atom. The van der Waals surface area contributed by atoms with E-state index in [1.54, 1.807) is 30.6 Å². The Hall–Kier alpha value is -2.69. The highest BCUT2D eigenvalue weighted by atomic mass is 16.5. The maximum Gasteiger partial charge on any atom is 0.248 e. The zero-order valence-electron chi connectivity index (χ0n) is 10.4. The molecule has 2 aromatic heterocycles. The second-order valence-corrected chi connectivity index (χ2v) is 3.69. The first-order valence-electron chi connectivity index (χ1n) is 5.67. The van der Waals surface area contributed by atoms with E-state index in [0.29, 0.717) is 11.6 Å². The summed E-state index contributed by atoms with van der Waals surface area (Å²) in [6, 6.07) is 7.05. The van der Waals surface area contributed by atoms with Gasteiger partial charge in [0.25, 0.3) is 0 Å². The second kappa shape index (κ2) is 6.30. The highest BCUT2D eigenvalue weighted by molar-refractivity contribution is 6.01. The lowest BCUT2D eigenvalue weighted by molar-refractivity contribution is -0.111. The SMILES string of the molecule is COc1ccc(NC(=O)/C=C/c2ccncc2)cn1. The van der Waals surface area contributed by atoms with Gasteiger partial charge in [0.2, 0.25) is 11.8 Å². The van der Waals surface area contributed by atoms with Gasteiger partial charge in [0.1, 0.15) is 0 Å². The lowest BCUT2D eigenvalue weighted by Gasteiger charge is -2.02. The van der Waals surface area contributed by atoms with Gasteiger partial charge in [-0.2, -0.15) is 0 Å². The Labute approximate surface area is 111 Å². The lowest BCUT2D eigenvalue weighted by atomic mass is 10.2. The number of carbonyl (C=O) groups excluding carboxylic acids is 1. The minimum absolute atomic E-state index is 0.219. The summed E-state index contributed by atoms with van der Waals surface area (Å²) in [7, 11) is 1.54. The number of rotatable bonds is 4. The third-order valence-corrected chi connectivity index (χ3v) is 2.35. The van der Waals surface area contributed by atoms with Gasteiger partial charge < -0.3 is 10.1 Å². The van der Waals surface area contributed by atoms with Crippen LogP contribution in [0.4, 0.5) is 5.69 Å². The van der Waals surface area contributed by atoms with Crippen LogP contribution in [-0.4, -0.2) is 23.0 Å². The van der Waals surface area contributed by atoms with Gasteiger partial charge in [0, 0.05) is 24.5 Å². The average Bonchev–Trinajstić information content (AvgIpc) is 2.47. The van der Waals surface area contributed by atoms with E-state index in [-0.39, 0.29) is 5.91 Å². The lowest BCUT2D eigenvalue weighted by Crippen LogP contribution is -2.07. The summed E-state index contributed by atoms with van der Waals surface area (Å²) in [6.45, 7) is 0. The molecular formula is C14H13N3O2. The number of carbonyl (C=O) groups is 1. The summed E-state index contributed by atoms with van der Waals surface area (Å²) < 4.78 is 4.94. The van der Waals surface area contributed by atoms with Crippen LogP contribution in [0, 0.1) is 0 Å². The van der Waals surface area contributed by atoms with Gasteiger partial charge in [0.15, 0.2) is 0 Å². The van der Waals surface area contributed by atoms with Gasteiger partial charge in [-0.1, -0.05) is 0 Å². The van der Waals surface area contributed by atoms with Crippen LogP contribution in [0.1, 0.15) is 5.56 Å². The molecule has 96 valence electrons. The molecule has 2 rings (SSSR count). The summed E-state index contributed by atoms with van der Waals surface area (Å²) in [4.78, 5) is 19.6. The van der Waals surface area contributed by atoms with Crippen molar-refractivity contribution in [3.05, 3.63) is 54.5 Å². The number of amides is 1. The smallest absolute Gasteiger partial charge is 0.248 e. The molecule has 1 N–H and O–H groups in total. The molecule has 19 heavy (non-hydrogen) atoms. The molecule has 1 amide bonds. The van der Waals surface area contributed by atoms with Crippen molar-refractivity contribution in [3.8, 4) is 5.88 Å². The highest BCUT2D eigenvalue weighted by Gasteiger charge is 1.99. The maximum absolute atomic E-state index is 11.7. The van der Waals surface area contributed by atoms with Crippen molar-refractivity contribution < 1.29 is 9.53 Å². The van der Waals surface area contributed by atoms with E-state index < -0.39 is 0 Å². The first-order chi connectivity index (χ1) is 9.28. The van der Waals surface area contributed by atoms with Crippen LogP contribution in [0.25, 0.3) is 6.08 Å². The molecular weight excluding hydrogens is 242 g/mol. The fraction of sp³-hybridized carbons (Fsp3) is 0.0714. The molecule has 5 nitrogen and oxygen atoms in total. The van der Waals surface area contributed by atoms with Gasteiger partial charge in [-0.05, 0) is 29.8 Å². The molecule has 0 saturated heterocycles. The number of hydrogen-bond acceptors (Lipinski definition) is 4. The van der Waals surface area contributed by atoms with Gasteiger partial charge >= 0.3 is 0 Å². The Bertz CT molecular complexity index is 565. The Balaban J connectivity index is 1.95. The maximum atomic E-state index is 11.7. The topological polar surface area (TPSA) is 64.1 Å². The Kier molecular flexibility index (Phi) is 4.23. The molecule has 0 aliphatic carbocycles. The van der Waals surface area contributed by atoms with Crippen molar-refractivity contribution >= 4 is 17.7 Å². The van der Waals surface area contributed by atoms with E-state index in [2.05, 4.69) is 15.3 Å². The van der Waals surface area contributed by atoms with Crippen molar-refractivity contribution in [1.29, 1.82) is 0 Å². The monoisotopic (exact) mass is 255 g/mol. The third-order valence-electron chi connectivity index (χ3n) is 2.35. The number of ether oxygens (including phenoxy) is 1. The van der Waals surface area contributed by atoms with Crippen LogP contribution in [0.5, 0.6) is 5.88 Å². The van der Waals surface area contributed by atoms with E-state index in [1.807, 2.05) is 12.1 Å². The number of hydrogen-bond donors (Lipinski definition) is 1. The van der Waals surface area contributed by atoms with Gasteiger partial charge in [-0.25, -0.2) is 4.98 Å². The molecule has 0 aromatic carbocycles. The number of aromatic nitrogens is 2. The minimum atomic E-state index is -0.219. The molecule has 0 fully saturated rings. The minimum Gasteiger partial charge on any atom is -0.481 e. The zero-order chi connectivity index (χ0) is 13.5. The van der Waals surface area contributed by atoms with Crippen LogP contribution in [0.3, 0.4) is 0 Å². The van der Waals surface area contributed by atoms with Crippen LogP contribution >= 0.6 is 0 Å². The van der Waals surface area contributed by atoms with E-state index in [9.17, 15) is 4.79 Å². The summed E-state index contributed by atoms with van der Waals surface area (Å²) >= 11 is 0. The molecule has 2 heterocycles. The Morgan fingerprint density at radius 2 is 2.05 bits per heavy atom. The molecule has 0 radical (unpaired) electrons. The summed E-state index contributed by atoms with van der Waals surface area (Å²) in [5.74, 6) is 0.286. The van der Waals surface area contributed by atoms with Gasteiger partial charge in [0.05, 0.1) is 19.0 Å². The largest absolute Gasteiger partial charge is 0.481 e. The van der Waals surface area contributed by atoms with Crippen molar-refractivity contribution in [1.82, 2.24) is 9.97 Å². The van der Waals surface area contributed by atoms with Crippen LogP contribution < -0.4 is 10.1 Å². The quantitative estimate of drug-likeness (QED) is 0.850. The predicted octanol–water partition coefficient (Wildman–Crippen LogP) is 2.14. The molecule has 0 spiro atoms. The number of anilines is 1. The molecule has 2 aromatic rings. The second-order valence-electron chi connectivity index (χ2n) is 3.69. The molecule has 0 aliphatic rings. The molecule has 0 atom stereocenters. The summed E-state index contributed by atoms with van der Waals surface area (Å²) in [5, 5.41) is 2.70. The number of nitrogens with one attached hydrogen (secondary N) is 1. The summed E-state index contributed by atoms with van der Waals surface area (Å²) in [5.41, 5.74) is 1.53. The van der Waals surface area contributed by atoms with E-state index in [1.165, 1.54) is 19.4 Å². The van der Waals surface area contributed by atoms with Gasteiger partial charge in [-0.15, -0.1) is 0 Å².